The van der Waals surface area contributed by atoms with E-state index in [1.54, 1.807) is 19.5 Å². The Bertz CT molecular complexity index is 1180. The van der Waals surface area contributed by atoms with Gasteiger partial charge in [0.2, 0.25) is 0 Å². The van der Waals surface area contributed by atoms with Crippen molar-refractivity contribution >= 4 is 17.6 Å². The first-order valence-electron chi connectivity index (χ1n) is 10.1. The van der Waals surface area contributed by atoms with Crippen LogP contribution in [0.4, 0.5) is 5.82 Å². The van der Waals surface area contributed by atoms with E-state index >= 15 is 0 Å². The highest BCUT2D eigenvalue weighted by Gasteiger charge is 2.30. The monoisotopic (exact) mass is 443 g/mol. The van der Waals surface area contributed by atoms with E-state index in [1.165, 1.54) is 11.8 Å². The number of ether oxygens (including phenoxy) is 2. The molecule has 7 nitrogen and oxygen atoms in total. The van der Waals surface area contributed by atoms with Crippen LogP contribution in [0.25, 0.3) is 11.1 Å². The molecule has 2 aromatic heterocycles. The quantitative estimate of drug-likeness (QED) is 0.537. The lowest BCUT2D eigenvalue weighted by atomic mass is 9.92. The molecule has 32 heavy (non-hydrogen) atoms. The Hall–Kier alpha value is -3.59. The average molecular weight is 444 g/mol. The number of rotatable bonds is 7. The largest absolute Gasteiger partial charge is 0.490 e. The number of nitrogens with zero attached hydrogens (tertiary/aromatic N) is 4. The SMILES string of the molecule is COC1CC(Oc2ccc(-c3c(C#N)c(N)nc(SCc4cccnc4)c3C#N)cc2)C1. The van der Waals surface area contributed by atoms with Gasteiger partial charge in [-0.15, -0.1) is 11.8 Å². The molecule has 2 N–H and O–H groups in total. The molecular formula is C24H21N5O2S. The second kappa shape index (κ2) is 9.69. The fraction of sp³-hybridized carbons (Fsp3) is 0.250. The van der Waals surface area contributed by atoms with E-state index in [4.69, 9.17) is 15.2 Å². The van der Waals surface area contributed by atoms with E-state index in [2.05, 4.69) is 22.1 Å². The van der Waals surface area contributed by atoms with Crippen LogP contribution in [0.3, 0.4) is 0 Å². The second-order valence-electron chi connectivity index (χ2n) is 7.39. The molecule has 2 heterocycles. The van der Waals surface area contributed by atoms with Gasteiger partial charge < -0.3 is 15.2 Å². The number of pyridine rings is 2. The Balaban J connectivity index is 1.62. The Labute approximate surface area is 190 Å². The summed E-state index contributed by atoms with van der Waals surface area (Å²) in [4.78, 5) is 8.46. The van der Waals surface area contributed by atoms with Gasteiger partial charge >= 0.3 is 0 Å². The molecule has 0 atom stereocenters. The molecule has 0 radical (unpaired) electrons. The predicted octanol–water partition coefficient (Wildman–Crippen LogP) is 4.32. The van der Waals surface area contributed by atoms with Gasteiger partial charge in [-0.05, 0) is 29.3 Å². The number of thioether (sulfide) groups is 1. The normalized spacial score (nSPS) is 17.1. The highest BCUT2D eigenvalue weighted by atomic mass is 32.2. The smallest absolute Gasteiger partial charge is 0.143 e. The van der Waals surface area contributed by atoms with Gasteiger partial charge in [0, 0.05) is 43.7 Å². The van der Waals surface area contributed by atoms with Crippen LogP contribution in [0.5, 0.6) is 5.75 Å². The van der Waals surface area contributed by atoms with Crippen molar-refractivity contribution in [3.63, 3.8) is 0 Å². The van der Waals surface area contributed by atoms with Crippen LogP contribution in [0.15, 0.2) is 53.8 Å². The van der Waals surface area contributed by atoms with Gasteiger partial charge in [0.25, 0.3) is 0 Å². The van der Waals surface area contributed by atoms with Gasteiger partial charge in [-0.3, -0.25) is 4.98 Å². The van der Waals surface area contributed by atoms with Crippen molar-refractivity contribution in [3.05, 3.63) is 65.5 Å². The number of anilines is 1. The first-order valence-corrected chi connectivity index (χ1v) is 11.1. The molecule has 0 bridgehead atoms. The number of hydrogen-bond acceptors (Lipinski definition) is 8. The fourth-order valence-electron chi connectivity index (χ4n) is 3.53. The first kappa shape index (κ1) is 21.6. The highest BCUT2D eigenvalue weighted by molar-refractivity contribution is 7.98. The Morgan fingerprint density at radius 1 is 1.09 bits per heavy atom. The molecule has 3 aromatic rings. The van der Waals surface area contributed by atoms with Crippen LogP contribution in [0.2, 0.25) is 0 Å². The van der Waals surface area contributed by atoms with Gasteiger partial charge in [-0.25, -0.2) is 4.98 Å². The van der Waals surface area contributed by atoms with Crippen molar-refractivity contribution in [2.75, 3.05) is 12.8 Å². The van der Waals surface area contributed by atoms with Gasteiger partial charge in [-0.2, -0.15) is 10.5 Å². The molecule has 8 heteroatoms. The summed E-state index contributed by atoms with van der Waals surface area (Å²) < 4.78 is 11.3. The van der Waals surface area contributed by atoms with Crippen molar-refractivity contribution in [2.24, 2.45) is 0 Å². The summed E-state index contributed by atoms with van der Waals surface area (Å²) in [6.07, 6.45) is 5.61. The molecular weight excluding hydrogens is 422 g/mol. The zero-order valence-corrected chi connectivity index (χ0v) is 18.3. The van der Waals surface area contributed by atoms with Crippen molar-refractivity contribution in [2.45, 2.75) is 35.8 Å². The Kier molecular flexibility index (Phi) is 6.55. The number of aromatic nitrogens is 2. The predicted molar refractivity (Wildman–Crippen MR) is 122 cm³/mol. The lowest BCUT2D eigenvalue weighted by molar-refractivity contribution is -0.0380. The van der Waals surface area contributed by atoms with Crippen molar-refractivity contribution in [1.82, 2.24) is 9.97 Å². The third-order valence-electron chi connectivity index (χ3n) is 5.34. The summed E-state index contributed by atoms with van der Waals surface area (Å²) in [6, 6.07) is 15.5. The molecule has 4 rings (SSSR count). The zero-order valence-electron chi connectivity index (χ0n) is 17.5. The lowest BCUT2D eigenvalue weighted by Crippen LogP contribution is -2.38. The molecule has 1 aliphatic carbocycles. The third kappa shape index (κ3) is 4.52. The van der Waals surface area contributed by atoms with Crippen molar-refractivity contribution in [1.29, 1.82) is 10.5 Å². The minimum atomic E-state index is 0.107. The van der Waals surface area contributed by atoms with Gasteiger partial charge in [0.15, 0.2) is 0 Å². The number of nitrogens with two attached hydrogens (primary N) is 1. The summed E-state index contributed by atoms with van der Waals surface area (Å²) in [5.41, 5.74) is 8.84. The summed E-state index contributed by atoms with van der Waals surface area (Å²) in [5.74, 6) is 1.42. The first-order chi connectivity index (χ1) is 15.6. The molecule has 1 aromatic carbocycles. The van der Waals surface area contributed by atoms with Gasteiger partial charge in [-0.1, -0.05) is 18.2 Å². The average Bonchev–Trinajstić information content (AvgIpc) is 2.80. The summed E-state index contributed by atoms with van der Waals surface area (Å²) >= 11 is 1.39. The van der Waals surface area contributed by atoms with E-state index in [0.29, 0.717) is 27.5 Å². The standard InChI is InChI=1S/C24H21N5O2S/c1-30-18-9-19(10-18)31-17-6-4-16(5-7-17)22-20(11-25)23(27)29-24(21(22)12-26)32-14-15-3-2-8-28-13-15/h2-8,13,18-19H,9-10,14H2,1H3,(H2,27,29). The van der Waals surface area contributed by atoms with E-state index in [1.807, 2.05) is 36.4 Å². The van der Waals surface area contributed by atoms with Crippen LogP contribution < -0.4 is 10.5 Å². The molecule has 1 aliphatic rings. The molecule has 160 valence electrons. The number of nitriles is 2. The molecule has 0 unspecified atom stereocenters. The molecule has 1 fully saturated rings. The van der Waals surface area contributed by atoms with Crippen LogP contribution in [0.1, 0.15) is 29.5 Å². The fourth-order valence-corrected chi connectivity index (χ4v) is 4.45. The maximum Gasteiger partial charge on any atom is 0.143 e. The van der Waals surface area contributed by atoms with E-state index < -0.39 is 0 Å². The van der Waals surface area contributed by atoms with E-state index in [0.717, 1.165) is 24.2 Å². The maximum atomic E-state index is 9.93. The summed E-state index contributed by atoms with van der Waals surface area (Å²) in [7, 11) is 1.71. The lowest BCUT2D eigenvalue weighted by Gasteiger charge is -2.34. The maximum absolute atomic E-state index is 9.93. The topological polar surface area (TPSA) is 118 Å². The van der Waals surface area contributed by atoms with E-state index in [-0.39, 0.29) is 23.6 Å². The summed E-state index contributed by atoms with van der Waals surface area (Å²) in [5, 5.41) is 20.1. The van der Waals surface area contributed by atoms with Crippen LogP contribution in [-0.2, 0) is 10.5 Å². The minimum Gasteiger partial charge on any atom is -0.490 e. The zero-order chi connectivity index (χ0) is 22.5. The molecule has 1 saturated carbocycles. The van der Waals surface area contributed by atoms with Crippen molar-refractivity contribution in [3.8, 4) is 29.0 Å². The van der Waals surface area contributed by atoms with Crippen LogP contribution in [-0.4, -0.2) is 29.3 Å². The number of hydrogen-bond donors (Lipinski definition) is 1. The number of nitrogen functional groups attached to an aromatic ring is 1. The van der Waals surface area contributed by atoms with Gasteiger partial charge in [0.05, 0.1) is 11.7 Å². The second-order valence-corrected chi connectivity index (χ2v) is 8.36. The van der Waals surface area contributed by atoms with E-state index in [9.17, 15) is 10.5 Å². The Morgan fingerprint density at radius 3 is 2.47 bits per heavy atom. The molecule has 0 aliphatic heterocycles. The van der Waals surface area contributed by atoms with Gasteiger partial charge in [0.1, 0.15) is 40.4 Å². The molecule has 0 amide bonds. The minimum absolute atomic E-state index is 0.107. The molecule has 0 spiro atoms. The Morgan fingerprint density at radius 2 is 1.84 bits per heavy atom. The number of benzene rings is 1. The molecule has 0 saturated heterocycles. The van der Waals surface area contributed by atoms with Crippen LogP contribution >= 0.6 is 11.8 Å². The summed E-state index contributed by atoms with van der Waals surface area (Å²) in [6.45, 7) is 0. The van der Waals surface area contributed by atoms with Crippen molar-refractivity contribution < 1.29 is 9.47 Å². The highest BCUT2D eigenvalue weighted by Crippen LogP contribution is 2.37. The van der Waals surface area contributed by atoms with Crippen LogP contribution in [0, 0.1) is 22.7 Å². The third-order valence-corrected chi connectivity index (χ3v) is 6.39. The number of methoxy groups -OCH3 is 1.